The standard InChI is InChI=1S/C13H12IN3O3S/c1-6(15)12-17-10(5-21-12)11(18)16-9-3-2-7(14)4-8(9)13(19)20/h2-6H,15H2,1H3,(H,16,18)(H,19,20). The number of carboxylic acids is 1. The van der Waals surface area contributed by atoms with E-state index in [1.54, 1.807) is 24.4 Å². The molecule has 2 rings (SSSR count). The summed E-state index contributed by atoms with van der Waals surface area (Å²) in [4.78, 5) is 27.4. The Kier molecular flexibility index (Phi) is 4.91. The van der Waals surface area contributed by atoms with Gasteiger partial charge in [-0.15, -0.1) is 11.3 Å². The minimum Gasteiger partial charge on any atom is -0.478 e. The quantitative estimate of drug-likeness (QED) is 0.664. The van der Waals surface area contributed by atoms with Crippen LogP contribution in [0.3, 0.4) is 0 Å². The molecule has 0 aliphatic heterocycles. The van der Waals surface area contributed by atoms with Crippen LogP contribution in [0, 0.1) is 3.57 Å². The lowest BCUT2D eigenvalue weighted by atomic mass is 10.2. The second kappa shape index (κ2) is 6.50. The molecule has 0 spiro atoms. The summed E-state index contributed by atoms with van der Waals surface area (Å²) in [5, 5.41) is 14.0. The lowest BCUT2D eigenvalue weighted by Crippen LogP contribution is -2.16. The Balaban J connectivity index is 2.25. The Bertz CT molecular complexity index is 700. The third-order valence-corrected chi connectivity index (χ3v) is 4.32. The van der Waals surface area contributed by atoms with E-state index in [4.69, 9.17) is 10.8 Å². The van der Waals surface area contributed by atoms with Crippen LogP contribution in [-0.4, -0.2) is 22.0 Å². The van der Waals surface area contributed by atoms with Gasteiger partial charge in [0.05, 0.1) is 17.3 Å². The highest BCUT2D eigenvalue weighted by atomic mass is 127. The maximum absolute atomic E-state index is 12.1. The van der Waals surface area contributed by atoms with Gasteiger partial charge in [0, 0.05) is 8.95 Å². The third kappa shape index (κ3) is 3.77. The number of aromatic nitrogens is 1. The van der Waals surface area contributed by atoms with Gasteiger partial charge in [0.25, 0.3) is 5.91 Å². The van der Waals surface area contributed by atoms with E-state index in [9.17, 15) is 9.59 Å². The average Bonchev–Trinajstić information content (AvgIpc) is 2.90. The lowest BCUT2D eigenvalue weighted by molar-refractivity contribution is 0.0698. The third-order valence-electron chi connectivity index (χ3n) is 2.60. The van der Waals surface area contributed by atoms with E-state index in [1.165, 1.54) is 17.4 Å². The van der Waals surface area contributed by atoms with Gasteiger partial charge in [-0.3, -0.25) is 4.79 Å². The van der Waals surface area contributed by atoms with Crippen molar-refractivity contribution in [1.82, 2.24) is 4.98 Å². The van der Waals surface area contributed by atoms with Gasteiger partial charge in [-0.25, -0.2) is 9.78 Å². The molecule has 2 aromatic rings. The first kappa shape index (κ1) is 15.9. The second-order valence-electron chi connectivity index (χ2n) is 4.31. The molecule has 1 unspecified atom stereocenters. The Hall–Kier alpha value is -1.52. The first-order valence-electron chi connectivity index (χ1n) is 5.93. The fraction of sp³-hybridized carbons (Fsp3) is 0.154. The number of carbonyl (C=O) groups is 2. The summed E-state index contributed by atoms with van der Waals surface area (Å²) in [7, 11) is 0. The first-order valence-corrected chi connectivity index (χ1v) is 7.89. The highest BCUT2D eigenvalue weighted by molar-refractivity contribution is 14.1. The van der Waals surface area contributed by atoms with Crippen LogP contribution in [0.1, 0.15) is 38.8 Å². The van der Waals surface area contributed by atoms with E-state index >= 15 is 0 Å². The summed E-state index contributed by atoms with van der Waals surface area (Å²) in [6, 6.07) is 4.52. The van der Waals surface area contributed by atoms with Crippen molar-refractivity contribution in [2.24, 2.45) is 5.73 Å². The maximum atomic E-state index is 12.1. The number of carboxylic acid groups (broad SMARTS) is 1. The van der Waals surface area contributed by atoms with Crippen LogP contribution in [0.2, 0.25) is 0 Å². The molecular weight excluding hydrogens is 405 g/mol. The molecule has 0 aliphatic carbocycles. The Morgan fingerprint density at radius 3 is 2.76 bits per heavy atom. The number of nitrogens with one attached hydrogen (secondary N) is 1. The number of hydrogen-bond donors (Lipinski definition) is 3. The zero-order chi connectivity index (χ0) is 15.6. The predicted octanol–water partition coefficient (Wildman–Crippen LogP) is 2.72. The van der Waals surface area contributed by atoms with Crippen LogP contribution in [0.25, 0.3) is 0 Å². The summed E-state index contributed by atoms with van der Waals surface area (Å²) in [5.41, 5.74) is 6.20. The minimum absolute atomic E-state index is 0.0397. The minimum atomic E-state index is -1.10. The molecule has 0 radical (unpaired) electrons. The lowest BCUT2D eigenvalue weighted by Gasteiger charge is -2.07. The summed E-state index contributed by atoms with van der Waals surface area (Å²) in [6.07, 6.45) is 0. The number of nitrogens with two attached hydrogens (primary N) is 1. The SMILES string of the molecule is CC(N)c1nc(C(=O)Nc2ccc(I)cc2C(=O)O)cs1. The number of rotatable bonds is 4. The van der Waals surface area contributed by atoms with Crippen molar-refractivity contribution < 1.29 is 14.7 Å². The molecule has 1 aromatic heterocycles. The smallest absolute Gasteiger partial charge is 0.337 e. The van der Waals surface area contributed by atoms with Crippen molar-refractivity contribution in [2.45, 2.75) is 13.0 Å². The Morgan fingerprint density at radius 2 is 2.19 bits per heavy atom. The van der Waals surface area contributed by atoms with Crippen molar-refractivity contribution in [1.29, 1.82) is 0 Å². The predicted molar refractivity (Wildman–Crippen MR) is 88.8 cm³/mol. The molecule has 0 bridgehead atoms. The van der Waals surface area contributed by atoms with Gasteiger partial charge in [0.2, 0.25) is 0 Å². The van der Waals surface area contributed by atoms with E-state index in [-0.39, 0.29) is 23.0 Å². The van der Waals surface area contributed by atoms with Gasteiger partial charge in [-0.05, 0) is 47.7 Å². The largest absolute Gasteiger partial charge is 0.478 e. The number of hydrogen-bond acceptors (Lipinski definition) is 5. The van der Waals surface area contributed by atoms with Gasteiger partial charge in [-0.1, -0.05) is 0 Å². The molecule has 8 heteroatoms. The zero-order valence-electron chi connectivity index (χ0n) is 11.0. The summed E-state index contributed by atoms with van der Waals surface area (Å²) >= 11 is 3.31. The number of halogens is 1. The molecular formula is C13H12IN3O3S. The molecule has 0 saturated carbocycles. The fourth-order valence-corrected chi connectivity index (χ4v) is 2.84. The molecule has 0 aliphatic rings. The van der Waals surface area contributed by atoms with Crippen LogP contribution in [0.15, 0.2) is 23.6 Å². The number of nitrogens with zero attached hydrogens (tertiary/aromatic N) is 1. The summed E-state index contributed by atoms with van der Waals surface area (Å²) in [5.74, 6) is -1.56. The number of amides is 1. The summed E-state index contributed by atoms with van der Waals surface area (Å²) in [6.45, 7) is 1.78. The van der Waals surface area contributed by atoms with E-state index in [0.29, 0.717) is 5.01 Å². The first-order chi connectivity index (χ1) is 9.88. The molecule has 1 amide bonds. The fourth-order valence-electron chi connectivity index (χ4n) is 1.59. The average molecular weight is 417 g/mol. The highest BCUT2D eigenvalue weighted by Crippen LogP contribution is 2.21. The van der Waals surface area contributed by atoms with Crippen molar-refractivity contribution in [2.75, 3.05) is 5.32 Å². The number of aromatic carboxylic acids is 1. The van der Waals surface area contributed by atoms with Crippen molar-refractivity contribution >= 4 is 51.5 Å². The van der Waals surface area contributed by atoms with Crippen LogP contribution >= 0.6 is 33.9 Å². The molecule has 0 fully saturated rings. The summed E-state index contributed by atoms with van der Waals surface area (Å²) < 4.78 is 0.774. The molecule has 1 heterocycles. The van der Waals surface area contributed by atoms with E-state index in [0.717, 1.165) is 3.57 Å². The maximum Gasteiger partial charge on any atom is 0.337 e. The molecule has 21 heavy (non-hydrogen) atoms. The van der Waals surface area contributed by atoms with Gasteiger partial charge in [0.15, 0.2) is 0 Å². The highest BCUT2D eigenvalue weighted by Gasteiger charge is 2.16. The number of carbonyl (C=O) groups excluding carboxylic acids is 1. The molecule has 4 N–H and O–H groups in total. The molecule has 1 atom stereocenters. The Morgan fingerprint density at radius 1 is 1.48 bits per heavy atom. The number of benzene rings is 1. The van der Waals surface area contributed by atoms with Crippen molar-refractivity contribution in [3.63, 3.8) is 0 Å². The van der Waals surface area contributed by atoms with E-state index in [2.05, 4.69) is 10.3 Å². The number of thiazole rings is 1. The van der Waals surface area contributed by atoms with Crippen molar-refractivity contribution in [3.8, 4) is 0 Å². The second-order valence-corrected chi connectivity index (χ2v) is 6.44. The van der Waals surface area contributed by atoms with E-state index in [1.807, 2.05) is 22.6 Å². The normalized spacial score (nSPS) is 12.0. The van der Waals surface area contributed by atoms with Gasteiger partial charge in [-0.2, -0.15) is 0 Å². The van der Waals surface area contributed by atoms with Crippen molar-refractivity contribution in [3.05, 3.63) is 43.4 Å². The van der Waals surface area contributed by atoms with Gasteiger partial charge < -0.3 is 16.2 Å². The topological polar surface area (TPSA) is 105 Å². The van der Waals surface area contributed by atoms with Gasteiger partial charge in [0.1, 0.15) is 10.7 Å². The molecule has 1 aromatic carbocycles. The Labute approximate surface area is 138 Å². The van der Waals surface area contributed by atoms with Crippen LogP contribution in [0.5, 0.6) is 0 Å². The van der Waals surface area contributed by atoms with Crippen LogP contribution in [0.4, 0.5) is 5.69 Å². The molecule has 110 valence electrons. The van der Waals surface area contributed by atoms with Gasteiger partial charge >= 0.3 is 5.97 Å². The molecule has 0 saturated heterocycles. The van der Waals surface area contributed by atoms with E-state index < -0.39 is 11.9 Å². The van der Waals surface area contributed by atoms with Crippen LogP contribution < -0.4 is 11.1 Å². The zero-order valence-corrected chi connectivity index (χ0v) is 13.9. The monoisotopic (exact) mass is 417 g/mol. The number of anilines is 1. The molecule has 6 nitrogen and oxygen atoms in total. The van der Waals surface area contributed by atoms with Crippen LogP contribution in [-0.2, 0) is 0 Å².